The van der Waals surface area contributed by atoms with Crippen LogP contribution in [-0.2, 0) is 0 Å². The van der Waals surface area contributed by atoms with Gasteiger partial charge in [0.25, 0.3) is 0 Å². The van der Waals surface area contributed by atoms with Crippen LogP contribution in [0.1, 0.15) is 0 Å². The molecule has 0 saturated carbocycles. The fraction of sp³-hybridized carbons (Fsp3) is 0. The number of nitrogens with zero attached hydrogens (tertiary/aromatic N) is 2. The predicted molar refractivity (Wildman–Crippen MR) is 270 cm³/mol. The topological polar surface area (TPSA) is 9.86 Å². The van der Waals surface area contributed by atoms with Crippen LogP contribution >= 0.6 is 0 Å². The summed E-state index contributed by atoms with van der Waals surface area (Å²) in [6.45, 7) is 0. The van der Waals surface area contributed by atoms with Gasteiger partial charge < -0.3 is 9.13 Å². The lowest BCUT2D eigenvalue weighted by molar-refractivity contribution is 1.13. The fourth-order valence-corrected chi connectivity index (χ4v) is 15.3. The highest BCUT2D eigenvalue weighted by Crippen LogP contribution is 2.41. The van der Waals surface area contributed by atoms with Crippen molar-refractivity contribution in [1.29, 1.82) is 0 Å². The van der Waals surface area contributed by atoms with Crippen LogP contribution in [0.25, 0.3) is 77.2 Å². The lowest BCUT2D eigenvalue weighted by atomic mass is 10.0. The smallest absolute Gasteiger partial charge is 0.181 e. The number of para-hydroxylation sites is 3. The Morgan fingerprint density at radius 2 is 0.730 bits per heavy atom. The zero-order chi connectivity index (χ0) is 41.7. The summed E-state index contributed by atoms with van der Waals surface area (Å²) in [6, 6.07) is 94.4. The second kappa shape index (κ2) is 15.2. The van der Waals surface area contributed by atoms with Crippen LogP contribution < -0.4 is 20.7 Å². The highest BCUT2D eigenvalue weighted by Gasteiger charge is 2.43. The molecule has 0 radical (unpaired) electrons. The Labute approximate surface area is 368 Å². The minimum Gasteiger partial charge on any atom is -0.307 e. The van der Waals surface area contributed by atoms with Gasteiger partial charge >= 0.3 is 0 Å². The minimum atomic E-state index is -2.99. The summed E-state index contributed by atoms with van der Waals surface area (Å²) < 4.78 is 5.12. The maximum atomic E-state index is 2.60. The maximum Gasteiger partial charge on any atom is 0.181 e. The SMILES string of the molecule is c1ccc(-c2cccc(-n3c4ccc(-c5ccccc5)cc4c4cccc(-n5c6ccccc6c6cccc([Si](c7ccccc7)(c7ccccc7)c7ccccc7)c65)c43)c2)cc1. The van der Waals surface area contributed by atoms with Crippen molar-refractivity contribution in [3.05, 3.63) is 255 Å². The third-order valence-corrected chi connectivity index (χ3v) is 17.9. The standard InChI is InChI=1S/C60H42N2Si/c1-6-21-43(22-7-1)45-25-18-26-47(41-45)61-56-40-39-46(44-23-8-2-9-24-44)42-54(56)53-34-19-37-57(59(53)61)62-55-36-17-16-33-51(55)52-35-20-38-58(60(52)62)63(48-27-10-3-11-28-48,49-29-12-4-13-30-49)50-31-14-5-15-32-50/h1-42H. The molecule has 0 aliphatic rings. The van der Waals surface area contributed by atoms with E-state index in [0.29, 0.717) is 0 Å². The van der Waals surface area contributed by atoms with Crippen molar-refractivity contribution in [2.45, 2.75) is 0 Å². The van der Waals surface area contributed by atoms with Crippen molar-refractivity contribution in [2.75, 3.05) is 0 Å². The molecule has 12 aromatic rings. The molecule has 0 atom stereocenters. The highest BCUT2D eigenvalue weighted by molar-refractivity contribution is 7.20. The van der Waals surface area contributed by atoms with E-state index in [1.807, 2.05) is 0 Å². The molecule has 0 aliphatic carbocycles. The number of benzene rings is 10. The second-order valence-electron chi connectivity index (χ2n) is 16.4. The van der Waals surface area contributed by atoms with Crippen LogP contribution in [0.15, 0.2) is 255 Å². The maximum absolute atomic E-state index is 2.99. The van der Waals surface area contributed by atoms with Gasteiger partial charge in [0.2, 0.25) is 0 Å². The summed E-state index contributed by atoms with van der Waals surface area (Å²) >= 11 is 0. The summed E-state index contributed by atoms with van der Waals surface area (Å²) in [5.74, 6) is 0. The Morgan fingerprint density at radius 3 is 1.35 bits per heavy atom. The molecule has 2 aromatic heterocycles. The van der Waals surface area contributed by atoms with Gasteiger partial charge in [-0.1, -0.05) is 218 Å². The Balaban J connectivity index is 1.25. The van der Waals surface area contributed by atoms with Gasteiger partial charge in [0.05, 0.1) is 27.8 Å². The van der Waals surface area contributed by atoms with E-state index in [1.54, 1.807) is 0 Å². The largest absolute Gasteiger partial charge is 0.307 e. The third kappa shape index (κ3) is 5.85. The molecule has 0 amide bonds. The first-order chi connectivity index (χ1) is 31.3. The molecule has 0 bridgehead atoms. The van der Waals surface area contributed by atoms with E-state index in [9.17, 15) is 0 Å². The molecule has 12 rings (SSSR count). The van der Waals surface area contributed by atoms with Gasteiger partial charge in [0, 0.05) is 27.2 Å². The summed E-state index contributed by atoms with van der Waals surface area (Å²) in [6.07, 6.45) is 0. The average molecular weight is 819 g/mol. The van der Waals surface area contributed by atoms with Crippen LogP contribution in [0.2, 0.25) is 0 Å². The average Bonchev–Trinajstić information content (AvgIpc) is 3.89. The molecule has 296 valence electrons. The van der Waals surface area contributed by atoms with Gasteiger partial charge in [-0.05, 0) is 79.4 Å². The normalized spacial score (nSPS) is 11.8. The zero-order valence-corrected chi connectivity index (χ0v) is 35.6. The lowest BCUT2D eigenvalue weighted by Gasteiger charge is -2.35. The molecular formula is C60H42N2Si. The fourth-order valence-electron chi connectivity index (χ4n) is 10.4. The molecule has 0 aliphatic heterocycles. The van der Waals surface area contributed by atoms with Gasteiger partial charge in [-0.25, -0.2) is 0 Å². The summed E-state index contributed by atoms with van der Waals surface area (Å²) in [4.78, 5) is 0. The van der Waals surface area contributed by atoms with E-state index in [-0.39, 0.29) is 0 Å². The molecule has 0 spiro atoms. The summed E-state index contributed by atoms with van der Waals surface area (Å²) in [5.41, 5.74) is 11.8. The van der Waals surface area contributed by atoms with Crippen LogP contribution in [0.3, 0.4) is 0 Å². The number of rotatable bonds is 8. The molecule has 10 aromatic carbocycles. The van der Waals surface area contributed by atoms with Crippen molar-refractivity contribution in [3.8, 4) is 33.6 Å². The number of hydrogen-bond acceptors (Lipinski definition) is 0. The molecular weight excluding hydrogens is 777 g/mol. The minimum absolute atomic E-state index is 1.12. The van der Waals surface area contributed by atoms with Crippen LogP contribution in [0.4, 0.5) is 0 Å². The van der Waals surface area contributed by atoms with Gasteiger partial charge in [-0.3, -0.25) is 0 Å². The monoisotopic (exact) mass is 818 g/mol. The molecule has 0 N–H and O–H groups in total. The van der Waals surface area contributed by atoms with Crippen molar-refractivity contribution in [1.82, 2.24) is 9.13 Å². The van der Waals surface area contributed by atoms with Crippen LogP contribution in [0, 0.1) is 0 Å². The lowest BCUT2D eigenvalue weighted by Crippen LogP contribution is -2.75. The molecule has 63 heavy (non-hydrogen) atoms. The number of fused-ring (bicyclic) bond motifs is 6. The van der Waals surface area contributed by atoms with E-state index in [0.717, 1.165) is 11.4 Å². The summed E-state index contributed by atoms with van der Waals surface area (Å²) in [5, 5.41) is 10.3. The predicted octanol–water partition coefficient (Wildman–Crippen LogP) is 12.6. The zero-order valence-electron chi connectivity index (χ0n) is 34.6. The first kappa shape index (κ1) is 36.8. The van der Waals surface area contributed by atoms with Gasteiger partial charge in [0.15, 0.2) is 8.07 Å². The third-order valence-electron chi connectivity index (χ3n) is 13.0. The first-order valence-electron chi connectivity index (χ1n) is 21.8. The second-order valence-corrected chi connectivity index (χ2v) is 20.2. The molecule has 0 fully saturated rings. The number of hydrogen-bond donors (Lipinski definition) is 0. The van der Waals surface area contributed by atoms with E-state index < -0.39 is 8.07 Å². The molecule has 0 saturated heterocycles. The van der Waals surface area contributed by atoms with Gasteiger partial charge in [-0.15, -0.1) is 0 Å². The Kier molecular flexibility index (Phi) is 8.87. The highest BCUT2D eigenvalue weighted by atomic mass is 28.3. The summed E-state index contributed by atoms with van der Waals surface area (Å²) in [7, 11) is -2.99. The van der Waals surface area contributed by atoms with Crippen molar-refractivity contribution < 1.29 is 0 Å². The van der Waals surface area contributed by atoms with Gasteiger partial charge in [-0.2, -0.15) is 0 Å². The molecule has 0 unspecified atom stereocenters. The first-order valence-corrected chi connectivity index (χ1v) is 23.8. The van der Waals surface area contributed by atoms with Crippen LogP contribution in [0.5, 0.6) is 0 Å². The Morgan fingerprint density at radius 1 is 0.270 bits per heavy atom. The Hall–Kier alpha value is -7.98. The number of aromatic nitrogens is 2. The van der Waals surface area contributed by atoms with E-state index >= 15 is 0 Å². The molecule has 2 heterocycles. The Bertz CT molecular complexity index is 3500. The van der Waals surface area contributed by atoms with Crippen molar-refractivity contribution in [2.24, 2.45) is 0 Å². The van der Waals surface area contributed by atoms with E-state index in [1.165, 1.54) is 86.6 Å². The van der Waals surface area contributed by atoms with Crippen molar-refractivity contribution in [3.63, 3.8) is 0 Å². The van der Waals surface area contributed by atoms with E-state index in [2.05, 4.69) is 264 Å². The quantitative estimate of drug-likeness (QED) is 0.107. The molecule has 3 heteroatoms. The van der Waals surface area contributed by atoms with Gasteiger partial charge in [0.1, 0.15) is 0 Å². The molecule has 2 nitrogen and oxygen atoms in total. The van der Waals surface area contributed by atoms with Crippen molar-refractivity contribution >= 4 is 72.4 Å². The van der Waals surface area contributed by atoms with E-state index in [4.69, 9.17) is 0 Å². The van der Waals surface area contributed by atoms with Crippen LogP contribution in [-0.4, -0.2) is 17.2 Å².